The van der Waals surface area contributed by atoms with E-state index in [0.29, 0.717) is 0 Å². The zero-order valence-corrected chi connectivity index (χ0v) is 11.7. The highest BCUT2D eigenvalue weighted by atomic mass is 19.1. The molecule has 0 aliphatic heterocycles. The van der Waals surface area contributed by atoms with Gasteiger partial charge in [-0.1, -0.05) is 43.3 Å². The van der Waals surface area contributed by atoms with Gasteiger partial charge in [0.15, 0.2) is 0 Å². The van der Waals surface area contributed by atoms with Gasteiger partial charge in [0.25, 0.3) is 0 Å². The van der Waals surface area contributed by atoms with Gasteiger partial charge in [0.05, 0.1) is 0 Å². The molecule has 98 valence electrons. The monoisotopic (exact) mass is 254 g/mol. The molecule has 1 heteroatoms. The summed E-state index contributed by atoms with van der Waals surface area (Å²) in [6, 6.07) is 15.2. The van der Waals surface area contributed by atoms with Gasteiger partial charge >= 0.3 is 0 Å². The first-order valence-electron chi connectivity index (χ1n) is 6.65. The molecule has 0 atom stereocenters. The van der Waals surface area contributed by atoms with Gasteiger partial charge in [-0.05, 0) is 60.2 Å². The molecule has 2 aromatic rings. The number of hydrogen-bond acceptors (Lipinski definition) is 0. The summed E-state index contributed by atoms with van der Waals surface area (Å²) in [5.74, 6) is -0.183. The predicted octanol–water partition coefficient (Wildman–Crippen LogP) is 5.47. The Kier molecular flexibility index (Phi) is 4.16. The van der Waals surface area contributed by atoms with Gasteiger partial charge in [0, 0.05) is 0 Å². The van der Waals surface area contributed by atoms with Crippen LogP contribution in [0.2, 0.25) is 0 Å². The second kappa shape index (κ2) is 5.83. The predicted molar refractivity (Wildman–Crippen MR) is 80.4 cm³/mol. The van der Waals surface area contributed by atoms with E-state index in [1.54, 1.807) is 12.1 Å². The van der Waals surface area contributed by atoms with E-state index in [1.165, 1.54) is 22.8 Å². The first-order chi connectivity index (χ1) is 9.13. The van der Waals surface area contributed by atoms with Gasteiger partial charge in [-0.15, -0.1) is 0 Å². The molecule has 0 spiro atoms. The van der Waals surface area contributed by atoms with Gasteiger partial charge < -0.3 is 0 Å². The highest BCUT2D eigenvalue weighted by Crippen LogP contribution is 2.30. The maximum atomic E-state index is 13.4. The van der Waals surface area contributed by atoms with E-state index >= 15 is 0 Å². The summed E-state index contributed by atoms with van der Waals surface area (Å²) in [4.78, 5) is 0. The average molecular weight is 254 g/mol. The van der Waals surface area contributed by atoms with Crippen molar-refractivity contribution in [2.45, 2.75) is 27.2 Å². The Balaban J connectivity index is 2.57. The van der Waals surface area contributed by atoms with Crippen molar-refractivity contribution in [2.24, 2.45) is 0 Å². The maximum Gasteiger partial charge on any atom is 0.123 e. The van der Waals surface area contributed by atoms with Crippen LogP contribution in [0.1, 0.15) is 37.0 Å². The molecule has 0 saturated heterocycles. The Bertz CT molecular complexity index is 609. The lowest BCUT2D eigenvalue weighted by Gasteiger charge is -2.14. The molecular formula is C18H19F. The quantitative estimate of drug-likeness (QED) is 0.637. The summed E-state index contributed by atoms with van der Waals surface area (Å²) in [7, 11) is 0. The van der Waals surface area contributed by atoms with Crippen LogP contribution in [0.4, 0.5) is 4.39 Å². The van der Waals surface area contributed by atoms with E-state index < -0.39 is 0 Å². The molecule has 19 heavy (non-hydrogen) atoms. The number of allylic oxidation sites excluding steroid dienone is 2. The third kappa shape index (κ3) is 2.93. The van der Waals surface area contributed by atoms with E-state index in [0.717, 1.165) is 17.6 Å². The zero-order valence-electron chi connectivity index (χ0n) is 11.7. The molecule has 0 bridgehead atoms. The molecule has 0 fully saturated rings. The normalized spacial score (nSPS) is 12.2. The second-order valence-corrected chi connectivity index (χ2v) is 4.78. The lowest BCUT2D eigenvalue weighted by Crippen LogP contribution is -1.92. The highest BCUT2D eigenvalue weighted by molar-refractivity contribution is 5.90. The van der Waals surface area contributed by atoms with Gasteiger partial charge in [-0.2, -0.15) is 0 Å². The smallest absolute Gasteiger partial charge is 0.123 e. The van der Waals surface area contributed by atoms with Crippen LogP contribution < -0.4 is 0 Å². The summed E-state index contributed by atoms with van der Waals surface area (Å²) in [6.45, 7) is 6.33. The molecule has 0 aromatic heterocycles. The average Bonchev–Trinajstić information content (AvgIpc) is 2.41. The van der Waals surface area contributed by atoms with Crippen LogP contribution >= 0.6 is 0 Å². The molecule has 0 aliphatic rings. The second-order valence-electron chi connectivity index (χ2n) is 4.78. The molecule has 2 rings (SSSR count). The molecule has 0 N–H and O–H groups in total. The first kappa shape index (κ1) is 13.5. The molecule has 0 amide bonds. The minimum Gasteiger partial charge on any atom is -0.207 e. The standard InChI is InChI=1S/C18H19F/c1-4-17(18-11-6-5-8-13(18)2)14(3)15-9-7-10-16(19)12-15/h5-12H,4H2,1-3H3/b17-14+. The topological polar surface area (TPSA) is 0 Å². The number of hydrogen-bond donors (Lipinski definition) is 0. The third-order valence-corrected chi connectivity index (χ3v) is 3.53. The minimum atomic E-state index is -0.183. The van der Waals surface area contributed by atoms with Gasteiger partial charge in [0.1, 0.15) is 5.82 Å². The lowest BCUT2D eigenvalue weighted by atomic mass is 9.91. The van der Waals surface area contributed by atoms with Crippen molar-refractivity contribution in [1.29, 1.82) is 0 Å². The fourth-order valence-corrected chi connectivity index (χ4v) is 2.47. The van der Waals surface area contributed by atoms with Crippen LogP contribution in [0, 0.1) is 12.7 Å². The number of benzene rings is 2. The van der Waals surface area contributed by atoms with Gasteiger partial charge in [-0.3, -0.25) is 0 Å². The van der Waals surface area contributed by atoms with E-state index in [9.17, 15) is 4.39 Å². The largest absolute Gasteiger partial charge is 0.207 e. The molecule has 0 aliphatic carbocycles. The summed E-state index contributed by atoms with van der Waals surface area (Å²) < 4.78 is 13.4. The van der Waals surface area contributed by atoms with Crippen molar-refractivity contribution in [3.8, 4) is 0 Å². The molecule has 0 heterocycles. The number of aryl methyl sites for hydroxylation is 1. The fourth-order valence-electron chi connectivity index (χ4n) is 2.47. The van der Waals surface area contributed by atoms with Crippen LogP contribution in [-0.2, 0) is 0 Å². The molecule has 0 nitrogen and oxygen atoms in total. The van der Waals surface area contributed by atoms with Crippen LogP contribution in [0.5, 0.6) is 0 Å². The SMILES string of the molecule is CC/C(=C(/C)c1cccc(F)c1)c1ccccc1C. The third-order valence-electron chi connectivity index (χ3n) is 3.53. The van der Waals surface area contributed by atoms with Crippen molar-refractivity contribution in [3.63, 3.8) is 0 Å². The van der Waals surface area contributed by atoms with Crippen LogP contribution in [0.25, 0.3) is 11.1 Å². The number of rotatable bonds is 3. The molecule has 2 aromatic carbocycles. The zero-order chi connectivity index (χ0) is 13.8. The Morgan fingerprint density at radius 1 is 1.05 bits per heavy atom. The highest BCUT2D eigenvalue weighted by Gasteiger charge is 2.08. The van der Waals surface area contributed by atoms with Crippen molar-refractivity contribution in [1.82, 2.24) is 0 Å². The van der Waals surface area contributed by atoms with E-state index in [1.807, 2.05) is 12.1 Å². The van der Waals surface area contributed by atoms with Crippen molar-refractivity contribution < 1.29 is 4.39 Å². The lowest BCUT2D eigenvalue weighted by molar-refractivity contribution is 0.627. The molecule has 0 saturated carbocycles. The minimum absolute atomic E-state index is 0.183. The van der Waals surface area contributed by atoms with Crippen molar-refractivity contribution in [3.05, 3.63) is 71.0 Å². The van der Waals surface area contributed by atoms with Crippen LogP contribution in [-0.4, -0.2) is 0 Å². The van der Waals surface area contributed by atoms with E-state index in [4.69, 9.17) is 0 Å². The van der Waals surface area contributed by atoms with E-state index in [2.05, 4.69) is 39.0 Å². The summed E-state index contributed by atoms with van der Waals surface area (Å²) in [5.41, 5.74) is 5.90. The number of halogens is 1. The Labute approximate surface area is 114 Å². The summed E-state index contributed by atoms with van der Waals surface area (Å²) >= 11 is 0. The fraction of sp³-hybridized carbons (Fsp3) is 0.222. The van der Waals surface area contributed by atoms with Crippen molar-refractivity contribution in [2.75, 3.05) is 0 Å². The van der Waals surface area contributed by atoms with Crippen LogP contribution in [0.3, 0.4) is 0 Å². The summed E-state index contributed by atoms with van der Waals surface area (Å²) in [6.07, 6.45) is 0.938. The molecular weight excluding hydrogens is 235 g/mol. The Morgan fingerprint density at radius 2 is 1.79 bits per heavy atom. The van der Waals surface area contributed by atoms with Crippen LogP contribution in [0.15, 0.2) is 48.5 Å². The van der Waals surface area contributed by atoms with Crippen molar-refractivity contribution >= 4 is 11.1 Å². The Morgan fingerprint density at radius 3 is 2.42 bits per heavy atom. The summed E-state index contributed by atoms with van der Waals surface area (Å²) in [5, 5.41) is 0. The molecule has 0 radical (unpaired) electrons. The van der Waals surface area contributed by atoms with E-state index in [-0.39, 0.29) is 5.82 Å². The maximum absolute atomic E-state index is 13.4. The molecule has 0 unspecified atom stereocenters. The van der Waals surface area contributed by atoms with Gasteiger partial charge in [-0.25, -0.2) is 4.39 Å². The van der Waals surface area contributed by atoms with Gasteiger partial charge in [0.2, 0.25) is 0 Å². The first-order valence-corrected chi connectivity index (χ1v) is 6.65. The Hall–Kier alpha value is -1.89.